The van der Waals surface area contributed by atoms with Crippen molar-refractivity contribution in [3.63, 3.8) is 0 Å². The van der Waals surface area contributed by atoms with Crippen LogP contribution in [0.25, 0.3) is 0 Å². The number of sulfonamides is 1. The van der Waals surface area contributed by atoms with Gasteiger partial charge in [-0.25, -0.2) is 17.5 Å². The number of thiophene rings is 1. The summed E-state index contributed by atoms with van der Waals surface area (Å²) in [5, 5.41) is 4.65. The van der Waals surface area contributed by atoms with Gasteiger partial charge in [-0.15, -0.1) is 11.3 Å². The fourth-order valence-electron chi connectivity index (χ4n) is 3.63. The van der Waals surface area contributed by atoms with E-state index in [1.165, 1.54) is 26.4 Å². The van der Waals surface area contributed by atoms with Crippen LogP contribution in [0.15, 0.2) is 22.4 Å². The molecule has 4 rings (SSSR count). The van der Waals surface area contributed by atoms with Gasteiger partial charge >= 0.3 is 5.97 Å². The first-order valence-corrected chi connectivity index (χ1v) is 12.5. The van der Waals surface area contributed by atoms with Crippen LogP contribution in [0.2, 0.25) is 0 Å². The number of nitrogens with zero attached hydrogens (tertiary/aromatic N) is 1. The number of ether oxygens (including phenoxy) is 3. The van der Waals surface area contributed by atoms with Crippen molar-refractivity contribution in [3.05, 3.63) is 34.2 Å². The van der Waals surface area contributed by atoms with Gasteiger partial charge in [0.05, 0.1) is 32.0 Å². The molecule has 1 aromatic carbocycles. The molecule has 1 saturated carbocycles. The predicted molar refractivity (Wildman–Crippen MR) is 119 cm³/mol. The monoisotopic (exact) mass is 494 g/mol. The molecule has 1 aliphatic heterocycles. The number of carbonyl (C=O) groups is 3. The van der Waals surface area contributed by atoms with E-state index in [9.17, 15) is 22.8 Å². The second-order valence-electron chi connectivity index (χ2n) is 7.46. The summed E-state index contributed by atoms with van der Waals surface area (Å²) in [4.78, 5) is 37.8. The first-order chi connectivity index (χ1) is 15.7. The molecule has 1 N–H and O–H groups in total. The van der Waals surface area contributed by atoms with Crippen LogP contribution in [0, 0.1) is 0 Å². The molecule has 1 aromatic heterocycles. The van der Waals surface area contributed by atoms with Gasteiger partial charge in [0.1, 0.15) is 16.4 Å². The van der Waals surface area contributed by atoms with E-state index in [1.54, 1.807) is 12.3 Å². The maximum atomic E-state index is 13.0. The fraction of sp³-hybridized carbons (Fsp3) is 0.381. The molecule has 1 fully saturated rings. The van der Waals surface area contributed by atoms with Gasteiger partial charge in [0.25, 0.3) is 15.9 Å². The topological polar surface area (TPSA) is 128 Å². The van der Waals surface area contributed by atoms with Gasteiger partial charge < -0.3 is 19.5 Å². The molecule has 0 radical (unpaired) electrons. The number of rotatable bonds is 8. The largest absolute Gasteiger partial charge is 0.493 e. The Labute approximate surface area is 194 Å². The summed E-state index contributed by atoms with van der Waals surface area (Å²) in [6.07, 6.45) is 1.89. The zero-order valence-corrected chi connectivity index (χ0v) is 19.8. The summed E-state index contributed by atoms with van der Waals surface area (Å²) < 4.78 is 41.8. The minimum atomic E-state index is -4.27. The maximum Gasteiger partial charge on any atom is 0.341 e. The molecule has 2 aliphatic rings. The Kier molecular flexibility index (Phi) is 6.06. The van der Waals surface area contributed by atoms with E-state index < -0.39 is 34.4 Å². The third-order valence-corrected chi connectivity index (χ3v) is 8.05. The Morgan fingerprint density at radius 1 is 1.18 bits per heavy atom. The Morgan fingerprint density at radius 2 is 1.85 bits per heavy atom. The zero-order valence-electron chi connectivity index (χ0n) is 18.2. The molecular weight excluding hydrogens is 472 g/mol. The van der Waals surface area contributed by atoms with Gasteiger partial charge in [-0.3, -0.25) is 9.59 Å². The van der Waals surface area contributed by atoms with Gasteiger partial charge in [-0.05, 0) is 42.7 Å². The SMILES string of the molecule is CCOC(=O)c1c(C2CC2)csc1NC(=O)CN1C(=O)c2cc(OC)c(OC)cc2S1(=O)=O. The molecule has 176 valence electrons. The smallest absolute Gasteiger partial charge is 0.341 e. The van der Waals surface area contributed by atoms with Crippen LogP contribution in [-0.4, -0.2) is 57.9 Å². The van der Waals surface area contributed by atoms with E-state index in [0.29, 0.717) is 4.31 Å². The zero-order chi connectivity index (χ0) is 23.9. The minimum absolute atomic E-state index is 0.111. The Balaban J connectivity index is 1.58. The number of esters is 1. The van der Waals surface area contributed by atoms with E-state index in [1.807, 2.05) is 0 Å². The van der Waals surface area contributed by atoms with Crippen molar-refractivity contribution < 1.29 is 37.0 Å². The van der Waals surface area contributed by atoms with Crippen LogP contribution >= 0.6 is 11.3 Å². The number of hydrogen-bond acceptors (Lipinski definition) is 9. The Bertz CT molecular complexity index is 1250. The average molecular weight is 495 g/mol. The van der Waals surface area contributed by atoms with E-state index in [4.69, 9.17) is 14.2 Å². The van der Waals surface area contributed by atoms with Crippen LogP contribution < -0.4 is 14.8 Å². The lowest BCUT2D eigenvalue weighted by Crippen LogP contribution is -2.37. The van der Waals surface area contributed by atoms with Crippen LogP contribution in [0.1, 0.15) is 52.0 Å². The highest BCUT2D eigenvalue weighted by molar-refractivity contribution is 7.90. The molecule has 0 unspecified atom stereocenters. The normalized spacial score (nSPS) is 16.3. The number of anilines is 1. The first kappa shape index (κ1) is 23.1. The molecular formula is C21H22N2O8S2. The van der Waals surface area contributed by atoms with Crippen molar-refractivity contribution in [3.8, 4) is 11.5 Å². The predicted octanol–water partition coefficient (Wildman–Crippen LogP) is 2.60. The third kappa shape index (κ3) is 4.04. The molecule has 0 bridgehead atoms. The number of carbonyl (C=O) groups excluding carboxylic acids is 3. The highest BCUT2D eigenvalue weighted by Gasteiger charge is 2.43. The summed E-state index contributed by atoms with van der Waals surface area (Å²) in [6.45, 7) is 1.11. The number of amides is 2. The summed E-state index contributed by atoms with van der Waals surface area (Å²) in [7, 11) is -1.57. The Morgan fingerprint density at radius 3 is 2.45 bits per heavy atom. The van der Waals surface area contributed by atoms with E-state index >= 15 is 0 Å². The van der Waals surface area contributed by atoms with Crippen LogP contribution in [0.3, 0.4) is 0 Å². The molecule has 33 heavy (non-hydrogen) atoms. The third-order valence-electron chi connectivity index (χ3n) is 5.37. The van der Waals surface area contributed by atoms with Crippen molar-refractivity contribution in [1.82, 2.24) is 4.31 Å². The van der Waals surface area contributed by atoms with Gasteiger partial charge in [-0.1, -0.05) is 0 Å². The number of nitrogens with one attached hydrogen (secondary N) is 1. The Hall–Kier alpha value is -3.12. The molecule has 10 nitrogen and oxygen atoms in total. The lowest BCUT2D eigenvalue weighted by Gasteiger charge is -2.15. The number of methoxy groups -OCH3 is 2. The lowest BCUT2D eigenvalue weighted by atomic mass is 10.1. The van der Waals surface area contributed by atoms with Crippen LogP contribution in [0.5, 0.6) is 11.5 Å². The highest BCUT2D eigenvalue weighted by Crippen LogP contribution is 2.46. The molecule has 12 heteroatoms. The minimum Gasteiger partial charge on any atom is -0.493 e. The fourth-order valence-corrected chi connectivity index (χ4v) is 6.20. The molecule has 0 atom stereocenters. The van der Waals surface area contributed by atoms with E-state index in [2.05, 4.69) is 5.32 Å². The van der Waals surface area contributed by atoms with Gasteiger partial charge in [0, 0.05) is 6.07 Å². The quantitative estimate of drug-likeness (QED) is 0.555. The van der Waals surface area contributed by atoms with Crippen molar-refractivity contribution >= 4 is 44.1 Å². The van der Waals surface area contributed by atoms with Crippen molar-refractivity contribution in [2.75, 3.05) is 32.7 Å². The standard InChI is InChI=1S/C21H22N2O8S2/c1-4-31-21(26)18-13(11-5-6-11)10-32-19(18)22-17(24)9-23-20(25)12-7-14(29-2)15(30-3)8-16(12)33(23,27)28/h7-8,10-11H,4-6,9H2,1-3H3,(H,22,24). The number of hydrogen-bond donors (Lipinski definition) is 1. The molecule has 1 aliphatic carbocycles. The summed E-state index contributed by atoms with van der Waals surface area (Å²) in [5.74, 6) is -1.58. The van der Waals surface area contributed by atoms with Crippen molar-refractivity contribution in [2.24, 2.45) is 0 Å². The maximum absolute atomic E-state index is 13.0. The summed E-state index contributed by atoms with van der Waals surface area (Å²) in [6, 6.07) is 2.46. The van der Waals surface area contributed by atoms with Crippen LogP contribution in [0.4, 0.5) is 5.00 Å². The second-order valence-corrected chi connectivity index (χ2v) is 10.2. The first-order valence-electron chi connectivity index (χ1n) is 10.1. The van der Waals surface area contributed by atoms with Gasteiger partial charge in [-0.2, -0.15) is 0 Å². The lowest BCUT2D eigenvalue weighted by molar-refractivity contribution is -0.116. The summed E-state index contributed by atoms with van der Waals surface area (Å²) in [5.41, 5.74) is 0.982. The average Bonchev–Trinajstić information content (AvgIpc) is 3.52. The van der Waals surface area contributed by atoms with E-state index in [0.717, 1.165) is 29.7 Å². The van der Waals surface area contributed by atoms with Crippen LogP contribution in [-0.2, 0) is 19.6 Å². The molecule has 2 amide bonds. The van der Waals surface area contributed by atoms with Gasteiger partial charge in [0.2, 0.25) is 5.91 Å². The second kappa shape index (κ2) is 8.67. The van der Waals surface area contributed by atoms with Gasteiger partial charge in [0.15, 0.2) is 11.5 Å². The van der Waals surface area contributed by atoms with E-state index in [-0.39, 0.29) is 45.0 Å². The number of benzene rings is 1. The molecule has 0 spiro atoms. The molecule has 2 heterocycles. The van der Waals surface area contributed by atoms with Crippen molar-refractivity contribution in [1.29, 1.82) is 0 Å². The number of fused-ring (bicyclic) bond motifs is 1. The molecule has 2 aromatic rings. The van der Waals surface area contributed by atoms with Crippen molar-refractivity contribution in [2.45, 2.75) is 30.6 Å². The molecule has 0 saturated heterocycles. The summed E-state index contributed by atoms with van der Waals surface area (Å²) >= 11 is 1.16. The highest BCUT2D eigenvalue weighted by atomic mass is 32.2.